The number of hydrogen-bond acceptors (Lipinski definition) is 3. The van der Waals surface area contributed by atoms with Crippen LogP contribution < -0.4 is 16.4 Å². The zero-order valence-corrected chi connectivity index (χ0v) is 11.7. The maximum absolute atomic E-state index is 11.3. The molecule has 4 nitrogen and oxygen atoms in total. The molecule has 0 radical (unpaired) electrons. The van der Waals surface area contributed by atoms with E-state index in [4.69, 9.17) is 5.73 Å². The van der Waals surface area contributed by atoms with Crippen molar-refractivity contribution in [2.24, 2.45) is 11.7 Å². The first kappa shape index (κ1) is 14.0. The molecule has 104 valence electrons. The summed E-state index contributed by atoms with van der Waals surface area (Å²) in [5.74, 6) is 0.642. The molecule has 1 aliphatic rings. The fourth-order valence-electron chi connectivity index (χ4n) is 2.39. The normalized spacial score (nSPS) is 16.1. The molecule has 1 aromatic rings. The van der Waals surface area contributed by atoms with Gasteiger partial charge in [0.05, 0.1) is 0 Å². The molecule has 0 spiro atoms. The Morgan fingerprint density at radius 1 is 1.37 bits per heavy atom. The minimum atomic E-state index is 0.112. The number of fused-ring (bicyclic) bond motifs is 1. The summed E-state index contributed by atoms with van der Waals surface area (Å²) in [5.41, 5.74) is 9.19. The van der Waals surface area contributed by atoms with Gasteiger partial charge in [-0.25, -0.2) is 0 Å². The number of carbonyl (C=O) groups is 1. The van der Waals surface area contributed by atoms with Crippen molar-refractivity contribution in [1.82, 2.24) is 5.32 Å². The van der Waals surface area contributed by atoms with E-state index in [9.17, 15) is 4.79 Å². The summed E-state index contributed by atoms with van der Waals surface area (Å²) >= 11 is 0. The Labute approximate surface area is 114 Å². The van der Waals surface area contributed by atoms with Crippen molar-refractivity contribution in [1.29, 1.82) is 0 Å². The van der Waals surface area contributed by atoms with E-state index in [1.165, 1.54) is 11.1 Å². The van der Waals surface area contributed by atoms with Crippen LogP contribution in [0.5, 0.6) is 0 Å². The highest BCUT2D eigenvalue weighted by molar-refractivity contribution is 5.93. The Bertz CT molecular complexity index is 457. The van der Waals surface area contributed by atoms with Crippen LogP contribution in [0.3, 0.4) is 0 Å². The van der Waals surface area contributed by atoms with Gasteiger partial charge in [0.25, 0.3) is 0 Å². The quantitative estimate of drug-likeness (QED) is 0.755. The Kier molecular flexibility index (Phi) is 4.56. The summed E-state index contributed by atoms with van der Waals surface area (Å²) in [5, 5.41) is 6.39. The molecule has 1 aliphatic heterocycles. The number of nitrogens with two attached hydrogens (primary N) is 1. The topological polar surface area (TPSA) is 67.1 Å². The number of anilines is 1. The molecule has 0 saturated carbocycles. The first-order valence-corrected chi connectivity index (χ1v) is 6.95. The number of hydrogen-bond donors (Lipinski definition) is 3. The SMILES string of the molecule is CC(C)C(CN)NCc1ccc2c(c1)CCC(=O)N2. The van der Waals surface area contributed by atoms with Crippen LogP contribution in [0.25, 0.3) is 0 Å². The molecule has 0 aromatic heterocycles. The molecular formula is C15H23N3O. The monoisotopic (exact) mass is 261 g/mol. The van der Waals surface area contributed by atoms with Crippen molar-refractivity contribution < 1.29 is 4.79 Å². The van der Waals surface area contributed by atoms with E-state index >= 15 is 0 Å². The zero-order valence-electron chi connectivity index (χ0n) is 11.7. The molecule has 1 aromatic carbocycles. The lowest BCUT2D eigenvalue weighted by atomic mass is 9.99. The van der Waals surface area contributed by atoms with Crippen molar-refractivity contribution in [3.63, 3.8) is 0 Å². The van der Waals surface area contributed by atoms with E-state index < -0.39 is 0 Å². The molecule has 0 aliphatic carbocycles. The average molecular weight is 261 g/mol. The van der Waals surface area contributed by atoms with Gasteiger partial charge in [0.2, 0.25) is 5.91 Å². The number of nitrogens with one attached hydrogen (secondary N) is 2. The van der Waals surface area contributed by atoms with Gasteiger partial charge in [-0.1, -0.05) is 26.0 Å². The third kappa shape index (κ3) is 3.55. The van der Waals surface area contributed by atoms with Gasteiger partial charge in [0.1, 0.15) is 0 Å². The molecule has 4 N–H and O–H groups in total. The summed E-state index contributed by atoms with van der Waals surface area (Å²) in [6.07, 6.45) is 1.42. The van der Waals surface area contributed by atoms with Gasteiger partial charge in [0.15, 0.2) is 0 Å². The summed E-state index contributed by atoms with van der Waals surface area (Å²) in [6.45, 7) is 5.82. The molecular weight excluding hydrogens is 238 g/mol. The minimum absolute atomic E-state index is 0.112. The first-order chi connectivity index (χ1) is 9.10. The van der Waals surface area contributed by atoms with Crippen LogP contribution in [0.15, 0.2) is 18.2 Å². The maximum atomic E-state index is 11.3. The standard InChI is InChI=1S/C15H23N3O/c1-10(2)14(8-16)17-9-11-3-5-13-12(7-11)4-6-15(19)18-13/h3,5,7,10,14,17H,4,6,8-9,16H2,1-2H3,(H,18,19). The molecule has 0 bridgehead atoms. The smallest absolute Gasteiger partial charge is 0.224 e. The molecule has 1 heterocycles. The van der Waals surface area contributed by atoms with Gasteiger partial charge in [-0.3, -0.25) is 4.79 Å². The van der Waals surface area contributed by atoms with Gasteiger partial charge >= 0.3 is 0 Å². The Hall–Kier alpha value is -1.39. The molecule has 2 rings (SSSR count). The Morgan fingerprint density at radius 3 is 2.84 bits per heavy atom. The van der Waals surface area contributed by atoms with E-state index in [2.05, 4.69) is 36.6 Å². The van der Waals surface area contributed by atoms with Crippen LogP contribution in [0.4, 0.5) is 5.69 Å². The van der Waals surface area contributed by atoms with E-state index in [1.54, 1.807) is 0 Å². The van der Waals surface area contributed by atoms with Crippen LogP contribution in [0.1, 0.15) is 31.4 Å². The van der Waals surface area contributed by atoms with Crippen LogP contribution >= 0.6 is 0 Å². The van der Waals surface area contributed by atoms with Crippen LogP contribution in [0.2, 0.25) is 0 Å². The number of amides is 1. The molecule has 0 fully saturated rings. The van der Waals surface area contributed by atoms with Crippen LogP contribution in [-0.4, -0.2) is 18.5 Å². The predicted octanol–water partition coefficient (Wildman–Crippen LogP) is 1.64. The Morgan fingerprint density at radius 2 is 2.16 bits per heavy atom. The molecule has 1 amide bonds. The highest BCUT2D eigenvalue weighted by Crippen LogP contribution is 2.23. The van der Waals surface area contributed by atoms with Gasteiger partial charge in [-0.2, -0.15) is 0 Å². The summed E-state index contributed by atoms with van der Waals surface area (Å²) in [4.78, 5) is 11.3. The van der Waals surface area contributed by atoms with Gasteiger partial charge in [0, 0.05) is 31.2 Å². The second-order valence-electron chi connectivity index (χ2n) is 5.51. The second-order valence-corrected chi connectivity index (χ2v) is 5.51. The lowest BCUT2D eigenvalue weighted by Gasteiger charge is -2.22. The fourth-order valence-corrected chi connectivity index (χ4v) is 2.39. The number of aryl methyl sites for hydroxylation is 1. The average Bonchev–Trinajstić information content (AvgIpc) is 2.39. The summed E-state index contributed by atoms with van der Waals surface area (Å²) in [6, 6.07) is 6.58. The molecule has 19 heavy (non-hydrogen) atoms. The van der Waals surface area contributed by atoms with Crippen molar-refractivity contribution in [3.05, 3.63) is 29.3 Å². The molecule has 1 atom stereocenters. The zero-order chi connectivity index (χ0) is 13.8. The lowest BCUT2D eigenvalue weighted by molar-refractivity contribution is -0.116. The van der Waals surface area contributed by atoms with E-state index in [-0.39, 0.29) is 5.91 Å². The second kappa shape index (κ2) is 6.17. The van der Waals surface area contributed by atoms with Gasteiger partial charge in [-0.05, 0) is 29.5 Å². The highest BCUT2D eigenvalue weighted by Gasteiger charge is 2.15. The van der Waals surface area contributed by atoms with Crippen LogP contribution in [-0.2, 0) is 17.8 Å². The van der Waals surface area contributed by atoms with Crippen molar-refractivity contribution >= 4 is 11.6 Å². The largest absolute Gasteiger partial charge is 0.329 e. The minimum Gasteiger partial charge on any atom is -0.329 e. The number of rotatable bonds is 5. The number of benzene rings is 1. The van der Waals surface area contributed by atoms with Crippen molar-refractivity contribution in [2.75, 3.05) is 11.9 Å². The fraction of sp³-hybridized carbons (Fsp3) is 0.533. The van der Waals surface area contributed by atoms with Gasteiger partial charge in [-0.15, -0.1) is 0 Å². The predicted molar refractivity (Wildman–Crippen MR) is 77.9 cm³/mol. The van der Waals surface area contributed by atoms with E-state index in [0.717, 1.165) is 18.7 Å². The Balaban J connectivity index is 2.00. The first-order valence-electron chi connectivity index (χ1n) is 6.95. The summed E-state index contributed by atoms with van der Waals surface area (Å²) in [7, 11) is 0. The molecule has 0 saturated heterocycles. The summed E-state index contributed by atoms with van der Waals surface area (Å²) < 4.78 is 0. The third-order valence-corrected chi connectivity index (χ3v) is 3.69. The third-order valence-electron chi connectivity index (χ3n) is 3.69. The van der Waals surface area contributed by atoms with Gasteiger partial charge < -0.3 is 16.4 Å². The number of carbonyl (C=O) groups excluding carboxylic acids is 1. The van der Waals surface area contributed by atoms with Crippen LogP contribution in [0, 0.1) is 5.92 Å². The maximum Gasteiger partial charge on any atom is 0.224 e. The van der Waals surface area contributed by atoms with Crippen molar-refractivity contribution in [2.45, 2.75) is 39.3 Å². The highest BCUT2D eigenvalue weighted by atomic mass is 16.1. The molecule has 4 heteroatoms. The molecule has 1 unspecified atom stereocenters. The van der Waals surface area contributed by atoms with E-state index in [0.29, 0.717) is 24.9 Å². The lowest BCUT2D eigenvalue weighted by Crippen LogP contribution is -2.39. The van der Waals surface area contributed by atoms with Crippen molar-refractivity contribution in [3.8, 4) is 0 Å². The van der Waals surface area contributed by atoms with E-state index in [1.807, 2.05) is 6.07 Å².